The second kappa shape index (κ2) is 8.68. The number of carbonyl (C=O) groups excluding carboxylic acids is 1. The number of fused-ring (bicyclic) bond motifs is 4. The molecule has 2 aromatic heterocycles. The van der Waals surface area contributed by atoms with Gasteiger partial charge in [-0.3, -0.25) is 14.2 Å². The molecular formula is C25H17ClN4O4S. The van der Waals surface area contributed by atoms with Crippen LogP contribution in [0.15, 0.2) is 76.7 Å². The summed E-state index contributed by atoms with van der Waals surface area (Å²) in [6.45, 7) is 0.158. The number of amides is 1. The molecule has 10 heteroatoms. The van der Waals surface area contributed by atoms with Crippen LogP contribution in [-0.2, 0) is 4.79 Å². The van der Waals surface area contributed by atoms with E-state index in [1.54, 1.807) is 42.5 Å². The predicted molar refractivity (Wildman–Crippen MR) is 136 cm³/mol. The summed E-state index contributed by atoms with van der Waals surface area (Å²) in [5, 5.41) is 4.56. The number of benzene rings is 3. The zero-order valence-electron chi connectivity index (χ0n) is 18.1. The van der Waals surface area contributed by atoms with Crippen molar-refractivity contribution >= 4 is 56.9 Å². The van der Waals surface area contributed by atoms with Crippen molar-refractivity contribution in [2.45, 2.75) is 5.16 Å². The number of para-hydroxylation sites is 1. The number of nitrogens with one attached hydrogen (secondary N) is 2. The van der Waals surface area contributed by atoms with Gasteiger partial charge in [0.15, 0.2) is 16.7 Å². The van der Waals surface area contributed by atoms with Crippen LogP contribution in [0.1, 0.15) is 0 Å². The quantitative estimate of drug-likeness (QED) is 0.259. The van der Waals surface area contributed by atoms with Gasteiger partial charge in [0, 0.05) is 27.7 Å². The number of rotatable bonds is 5. The minimum absolute atomic E-state index is 0.0370. The Labute approximate surface area is 207 Å². The topological polar surface area (TPSA) is 98.2 Å². The Morgan fingerprint density at radius 3 is 2.83 bits per heavy atom. The fourth-order valence-corrected chi connectivity index (χ4v) is 4.97. The predicted octanol–water partition coefficient (Wildman–Crippen LogP) is 4.98. The van der Waals surface area contributed by atoms with Crippen LogP contribution in [0.5, 0.6) is 11.5 Å². The first-order valence-corrected chi connectivity index (χ1v) is 12.0. The molecule has 0 bridgehead atoms. The Morgan fingerprint density at radius 1 is 1.09 bits per heavy atom. The van der Waals surface area contributed by atoms with Gasteiger partial charge >= 0.3 is 0 Å². The number of nitrogens with zero attached hydrogens (tertiary/aromatic N) is 2. The maximum absolute atomic E-state index is 13.6. The number of carbonyl (C=O) groups is 1. The number of thioether (sulfide) groups is 1. The van der Waals surface area contributed by atoms with Gasteiger partial charge in [-0.05, 0) is 36.4 Å². The van der Waals surface area contributed by atoms with E-state index in [2.05, 4.69) is 10.3 Å². The maximum Gasteiger partial charge on any atom is 0.283 e. The Kier molecular flexibility index (Phi) is 5.35. The first-order valence-electron chi connectivity index (χ1n) is 10.7. The Hall–Kier alpha value is -3.95. The van der Waals surface area contributed by atoms with Crippen molar-refractivity contribution in [3.63, 3.8) is 0 Å². The SMILES string of the molecule is O=C(CSc1nc2c([nH]c3ccccc32)c(=O)n1-c1cccc(Cl)c1)Nc1ccc2c(c1)OCO2. The van der Waals surface area contributed by atoms with Gasteiger partial charge in [-0.1, -0.05) is 47.6 Å². The normalized spacial score (nSPS) is 12.4. The second-order valence-corrected chi connectivity index (χ2v) is 9.19. The molecule has 1 amide bonds. The van der Waals surface area contributed by atoms with E-state index in [-0.39, 0.29) is 24.0 Å². The number of aromatic amines is 1. The first kappa shape index (κ1) is 21.6. The van der Waals surface area contributed by atoms with Gasteiger partial charge in [0.25, 0.3) is 5.56 Å². The minimum atomic E-state index is -0.271. The molecule has 0 fully saturated rings. The van der Waals surface area contributed by atoms with Crippen molar-refractivity contribution in [3.05, 3.63) is 82.1 Å². The van der Waals surface area contributed by atoms with Crippen molar-refractivity contribution in [1.29, 1.82) is 0 Å². The summed E-state index contributed by atoms with van der Waals surface area (Å²) in [7, 11) is 0. The van der Waals surface area contributed by atoms with Crippen LogP contribution in [0.2, 0.25) is 5.02 Å². The molecule has 0 atom stereocenters. The van der Waals surface area contributed by atoms with Gasteiger partial charge in [0.1, 0.15) is 11.0 Å². The molecule has 0 aliphatic carbocycles. The minimum Gasteiger partial charge on any atom is -0.454 e. The lowest BCUT2D eigenvalue weighted by molar-refractivity contribution is -0.113. The first-order chi connectivity index (χ1) is 17.1. The zero-order chi connectivity index (χ0) is 23.9. The van der Waals surface area contributed by atoms with Crippen LogP contribution in [-0.4, -0.2) is 33.0 Å². The molecule has 3 heterocycles. The number of H-pyrrole nitrogens is 1. The van der Waals surface area contributed by atoms with Gasteiger partial charge in [0.05, 0.1) is 11.4 Å². The highest BCUT2D eigenvalue weighted by Crippen LogP contribution is 2.34. The van der Waals surface area contributed by atoms with Gasteiger partial charge in [-0.15, -0.1) is 0 Å². The zero-order valence-corrected chi connectivity index (χ0v) is 19.7. The molecule has 8 nitrogen and oxygen atoms in total. The molecule has 0 saturated heterocycles. The van der Waals surface area contributed by atoms with E-state index in [1.807, 2.05) is 24.3 Å². The summed E-state index contributed by atoms with van der Waals surface area (Å²) in [6.07, 6.45) is 0. The van der Waals surface area contributed by atoms with E-state index in [9.17, 15) is 9.59 Å². The number of hydrogen-bond acceptors (Lipinski definition) is 6. The molecule has 1 aliphatic heterocycles. The summed E-state index contributed by atoms with van der Waals surface area (Å²) >= 11 is 7.37. The maximum atomic E-state index is 13.6. The molecule has 1 aliphatic rings. The molecule has 6 rings (SSSR count). The summed E-state index contributed by atoms with van der Waals surface area (Å²) in [5.74, 6) is 1.01. The second-order valence-electron chi connectivity index (χ2n) is 7.81. The van der Waals surface area contributed by atoms with Gasteiger partial charge in [-0.25, -0.2) is 4.98 Å². The monoisotopic (exact) mass is 504 g/mol. The fourth-order valence-electron chi connectivity index (χ4n) is 3.98. The third kappa shape index (κ3) is 3.98. The van der Waals surface area contributed by atoms with Crippen LogP contribution in [0.4, 0.5) is 5.69 Å². The number of aromatic nitrogens is 3. The number of halogens is 1. The van der Waals surface area contributed by atoms with Crippen molar-refractivity contribution in [1.82, 2.24) is 14.5 Å². The van der Waals surface area contributed by atoms with Crippen LogP contribution in [0.25, 0.3) is 27.6 Å². The highest BCUT2D eigenvalue weighted by Gasteiger charge is 2.19. The third-order valence-corrected chi connectivity index (χ3v) is 6.72. The summed E-state index contributed by atoms with van der Waals surface area (Å²) in [4.78, 5) is 34.3. The van der Waals surface area contributed by atoms with E-state index in [1.165, 1.54) is 16.3 Å². The van der Waals surface area contributed by atoms with Crippen LogP contribution in [0, 0.1) is 0 Å². The van der Waals surface area contributed by atoms with E-state index >= 15 is 0 Å². The van der Waals surface area contributed by atoms with Crippen molar-refractivity contribution in [2.24, 2.45) is 0 Å². The molecule has 174 valence electrons. The fraction of sp³-hybridized carbons (Fsp3) is 0.0800. The average Bonchev–Trinajstić information content (AvgIpc) is 3.47. The molecule has 0 radical (unpaired) electrons. The molecule has 0 saturated carbocycles. The van der Waals surface area contributed by atoms with E-state index < -0.39 is 0 Å². The lowest BCUT2D eigenvalue weighted by Crippen LogP contribution is -2.23. The standard InChI is InChI=1S/C25H17ClN4O4S/c26-14-4-3-5-16(10-14)30-24(32)23-22(17-6-1-2-7-18(17)28-23)29-25(30)35-12-21(31)27-15-8-9-19-20(11-15)34-13-33-19/h1-11,28H,12-13H2,(H,27,31). The molecule has 2 N–H and O–H groups in total. The van der Waals surface area contributed by atoms with E-state index in [4.69, 9.17) is 26.1 Å². The van der Waals surface area contributed by atoms with Crippen LogP contribution in [0.3, 0.4) is 0 Å². The molecule has 0 unspecified atom stereocenters. The van der Waals surface area contributed by atoms with Crippen molar-refractivity contribution < 1.29 is 14.3 Å². The smallest absolute Gasteiger partial charge is 0.283 e. The summed E-state index contributed by atoms with van der Waals surface area (Å²) in [6, 6.07) is 19.8. The number of anilines is 1. The molecule has 0 spiro atoms. The van der Waals surface area contributed by atoms with E-state index in [0.717, 1.165) is 10.9 Å². The van der Waals surface area contributed by atoms with Gasteiger partial charge in [0.2, 0.25) is 12.7 Å². The van der Waals surface area contributed by atoms with Crippen molar-refractivity contribution in [2.75, 3.05) is 17.9 Å². The Balaban J connectivity index is 1.36. The number of ether oxygens (including phenoxy) is 2. The van der Waals surface area contributed by atoms with E-state index in [0.29, 0.717) is 44.1 Å². The molecular weight excluding hydrogens is 488 g/mol. The van der Waals surface area contributed by atoms with Gasteiger partial charge < -0.3 is 19.8 Å². The largest absolute Gasteiger partial charge is 0.454 e. The average molecular weight is 505 g/mol. The highest BCUT2D eigenvalue weighted by molar-refractivity contribution is 7.99. The third-order valence-electron chi connectivity index (χ3n) is 5.55. The molecule has 5 aromatic rings. The lowest BCUT2D eigenvalue weighted by atomic mass is 10.2. The summed E-state index contributed by atoms with van der Waals surface area (Å²) < 4.78 is 12.1. The Bertz CT molecular complexity index is 1680. The lowest BCUT2D eigenvalue weighted by Gasteiger charge is -2.12. The molecule has 3 aromatic carbocycles. The van der Waals surface area contributed by atoms with Crippen LogP contribution >= 0.6 is 23.4 Å². The molecule has 35 heavy (non-hydrogen) atoms. The number of hydrogen-bond donors (Lipinski definition) is 2. The van der Waals surface area contributed by atoms with Gasteiger partial charge in [-0.2, -0.15) is 0 Å². The van der Waals surface area contributed by atoms with Crippen molar-refractivity contribution in [3.8, 4) is 17.2 Å². The summed E-state index contributed by atoms with van der Waals surface area (Å²) in [5.41, 5.74) is 2.64. The Morgan fingerprint density at radius 2 is 1.94 bits per heavy atom. The highest BCUT2D eigenvalue weighted by atomic mass is 35.5. The van der Waals surface area contributed by atoms with Crippen LogP contribution < -0.4 is 20.3 Å².